The first-order valence-electron chi connectivity index (χ1n) is 6.66. The molecule has 20 heavy (non-hydrogen) atoms. The van der Waals surface area contributed by atoms with Crippen LogP contribution in [0.1, 0.15) is 16.7 Å². The standard InChI is InChI=1S/C16H20ClN3/c1-12-4-6-13(7-5-12)11-20(3)16-15(17)8-14(9-18-2)10-19-16/h4-8,10,18H,9,11H2,1-3H3. The summed E-state index contributed by atoms with van der Waals surface area (Å²) < 4.78 is 0. The summed E-state index contributed by atoms with van der Waals surface area (Å²) in [5.74, 6) is 0.812. The van der Waals surface area contributed by atoms with Crippen LogP contribution in [0.4, 0.5) is 5.82 Å². The Balaban J connectivity index is 2.12. The second-order valence-electron chi connectivity index (χ2n) is 5.02. The van der Waals surface area contributed by atoms with Gasteiger partial charge in [0.15, 0.2) is 0 Å². The molecule has 2 rings (SSSR count). The molecule has 0 fully saturated rings. The molecule has 0 aliphatic heterocycles. The van der Waals surface area contributed by atoms with Crippen LogP contribution in [0.25, 0.3) is 0 Å². The van der Waals surface area contributed by atoms with Crippen LogP contribution < -0.4 is 10.2 Å². The summed E-state index contributed by atoms with van der Waals surface area (Å²) in [4.78, 5) is 6.53. The molecule has 0 aliphatic carbocycles. The number of hydrogen-bond acceptors (Lipinski definition) is 3. The monoisotopic (exact) mass is 289 g/mol. The third-order valence-corrected chi connectivity index (χ3v) is 3.44. The first-order chi connectivity index (χ1) is 9.60. The highest BCUT2D eigenvalue weighted by molar-refractivity contribution is 6.33. The van der Waals surface area contributed by atoms with Gasteiger partial charge in [0.25, 0.3) is 0 Å². The topological polar surface area (TPSA) is 28.2 Å². The second kappa shape index (κ2) is 6.73. The third kappa shape index (κ3) is 3.71. The van der Waals surface area contributed by atoms with Gasteiger partial charge in [0.2, 0.25) is 0 Å². The molecule has 2 aromatic rings. The number of rotatable bonds is 5. The molecule has 0 aliphatic rings. The summed E-state index contributed by atoms with van der Waals surface area (Å²) in [6, 6.07) is 10.5. The van der Waals surface area contributed by atoms with Crippen LogP contribution in [0.5, 0.6) is 0 Å². The van der Waals surface area contributed by atoms with Gasteiger partial charge in [-0.1, -0.05) is 41.4 Å². The summed E-state index contributed by atoms with van der Waals surface area (Å²) in [6.07, 6.45) is 1.86. The summed E-state index contributed by atoms with van der Waals surface area (Å²) in [5, 5.41) is 3.78. The average molecular weight is 290 g/mol. The Labute approximate surface area is 125 Å². The van der Waals surface area contributed by atoms with Crippen LogP contribution in [0, 0.1) is 6.92 Å². The normalized spacial score (nSPS) is 10.6. The zero-order valence-corrected chi connectivity index (χ0v) is 12.9. The molecule has 1 heterocycles. The number of anilines is 1. The van der Waals surface area contributed by atoms with Crippen molar-refractivity contribution in [2.24, 2.45) is 0 Å². The van der Waals surface area contributed by atoms with Crippen LogP contribution in [-0.2, 0) is 13.1 Å². The van der Waals surface area contributed by atoms with Crippen LogP contribution in [0.15, 0.2) is 36.5 Å². The van der Waals surface area contributed by atoms with E-state index in [0.29, 0.717) is 5.02 Å². The van der Waals surface area contributed by atoms with Crippen LogP contribution in [0.3, 0.4) is 0 Å². The van der Waals surface area contributed by atoms with E-state index in [0.717, 1.165) is 24.5 Å². The van der Waals surface area contributed by atoms with Gasteiger partial charge in [-0.2, -0.15) is 0 Å². The SMILES string of the molecule is CNCc1cnc(N(C)Cc2ccc(C)cc2)c(Cl)c1. The molecule has 3 nitrogen and oxygen atoms in total. The number of hydrogen-bond donors (Lipinski definition) is 1. The molecule has 1 aromatic carbocycles. The van der Waals surface area contributed by atoms with Crippen molar-refractivity contribution in [1.82, 2.24) is 10.3 Å². The minimum atomic E-state index is 0.687. The van der Waals surface area contributed by atoms with E-state index in [9.17, 15) is 0 Å². The summed E-state index contributed by atoms with van der Waals surface area (Å²) in [7, 11) is 3.91. The second-order valence-corrected chi connectivity index (χ2v) is 5.43. The van der Waals surface area contributed by atoms with E-state index < -0.39 is 0 Å². The molecular formula is C16H20ClN3. The molecule has 0 spiro atoms. The Bertz CT molecular complexity index is 566. The minimum absolute atomic E-state index is 0.687. The van der Waals surface area contributed by atoms with Crippen molar-refractivity contribution >= 4 is 17.4 Å². The molecule has 0 bridgehead atoms. The van der Waals surface area contributed by atoms with Crippen molar-refractivity contribution in [3.8, 4) is 0 Å². The number of nitrogens with zero attached hydrogens (tertiary/aromatic N) is 2. The van der Waals surface area contributed by atoms with Crippen molar-refractivity contribution in [2.45, 2.75) is 20.0 Å². The van der Waals surface area contributed by atoms with E-state index in [1.165, 1.54) is 11.1 Å². The van der Waals surface area contributed by atoms with Crippen LogP contribution in [-0.4, -0.2) is 19.1 Å². The number of pyridine rings is 1. The maximum atomic E-state index is 6.32. The Morgan fingerprint density at radius 3 is 2.50 bits per heavy atom. The molecule has 0 radical (unpaired) electrons. The minimum Gasteiger partial charge on any atom is -0.354 e. The van der Waals surface area contributed by atoms with Crippen molar-refractivity contribution in [1.29, 1.82) is 0 Å². The van der Waals surface area contributed by atoms with Gasteiger partial charge in [0.1, 0.15) is 5.82 Å². The van der Waals surface area contributed by atoms with Crippen molar-refractivity contribution in [3.63, 3.8) is 0 Å². The highest BCUT2D eigenvalue weighted by Crippen LogP contribution is 2.24. The maximum Gasteiger partial charge on any atom is 0.147 e. The highest BCUT2D eigenvalue weighted by Gasteiger charge is 2.09. The fourth-order valence-electron chi connectivity index (χ4n) is 2.09. The van der Waals surface area contributed by atoms with E-state index in [4.69, 9.17) is 11.6 Å². The fraction of sp³-hybridized carbons (Fsp3) is 0.312. The van der Waals surface area contributed by atoms with E-state index in [2.05, 4.69) is 46.4 Å². The molecule has 0 unspecified atom stereocenters. The van der Waals surface area contributed by atoms with E-state index >= 15 is 0 Å². The zero-order valence-electron chi connectivity index (χ0n) is 12.2. The predicted octanol–water partition coefficient (Wildman–Crippen LogP) is 3.40. The Morgan fingerprint density at radius 2 is 1.90 bits per heavy atom. The first-order valence-corrected chi connectivity index (χ1v) is 7.03. The van der Waals surface area contributed by atoms with Gasteiger partial charge in [0, 0.05) is 26.3 Å². The van der Waals surface area contributed by atoms with Gasteiger partial charge in [-0.25, -0.2) is 4.98 Å². The van der Waals surface area contributed by atoms with E-state index in [1.54, 1.807) is 0 Å². The van der Waals surface area contributed by atoms with Gasteiger partial charge >= 0.3 is 0 Å². The predicted molar refractivity (Wildman–Crippen MR) is 85.3 cm³/mol. The Morgan fingerprint density at radius 1 is 1.20 bits per heavy atom. The molecule has 0 saturated heterocycles. The van der Waals surface area contributed by atoms with E-state index in [-0.39, 0.29) is 0 Å². The van der Waals surface area contributed by atoms with Gasteiger partial charge in [-0.3, -0.25) is 0 Å². The summed E-state index contributed by atoms with van der Waals surface area (Å²) in [6.45, 7) is 3.65. The summed E-state index contributed by atoms with van der Waals surface area (Å²) >= 11 is 6.32. The largest absolute Gasteiger partial charge is 0.354 e. The third-order valence-electron chi connectivity index (χ3n) is 3.16. The first kappa shape index (κ1) is 14.8. The smallest absolute Gasteiger partial charge is 0.147 e. The lowest BCUT2D eigenvalue weighted by molar-refractivity contribution is 0.810. The van der Waals surface area contributed by atoms with E-state index in [1.807, 2.05) is 26.4 Å². The molecule has 0 atom stereocenters. The molecule has 4 heteroatoms. The molecule has 0 saturated carbocycles. The van der Waals surface area contributed by atoms with Crippen molar-refractivity contribution < 1.29 is 0 Å². The molecule has 1 aromatic heterocycles. The van der Waals surface area contributed by atoms with Gasteiger partial charge in [-0.05, 0) is 31.2 Å². The lowest BCUT2D eigenvalue weighted by Gasteiger charge is -2.20. The Hall–Kier alpha value is -1.58. The molecule has 106 valence electrons. The summed E-state index contributed by atoms with van der Waals surface area (Å²) in [5.41, 5.74) is 3.60. The highest BCUT2D eigenvalue weighted by atomic mass is 35.5. The van der Waals surface area contributed by atoms with Gasteiger partial charge < -0.3 is 10.2 Å². The fourth-order valence-corrected chi connectivity index (χ4v) is 2.43. The number of aryl methyl sites for hydroxylation is 1. The van der Waals surface area contributed by atoms with Gasteiger partial charge in [0.05, 0.1) is 5.02 Å². The Kier molecular flexibility index (Phi) is 4.99. The number of aromatic nitrogens is 1. The molecule has 1 N–H and O–H groups in total. The lowest BCUT2D eigenvalue weighted by atomic mass is 10.1. The molecular weight excluding hydrogens is 270 g/mol. The quantitative estimate of drug-likeness (QED) is 0.914. The van der Waals surface area contributed by atoms with Gasteiger partial charge in [-0.15, -0.1) is 0 Å². The van der Waals surface area contributed by atoms with Crippen molar-refractivity contribution in [3.05, 3.63) is 58.2 Å². The van der Waals surface area contributed by atoms with Crippen LogP contribution in [0.2, 0.25) is 5.02 Å². The molecule has 0 amide bonds. The number of benzene rings is 1. The average Bonchev–Trinajstić information content (AvgIpc) is 2.42. The zero-order chi connectivity index (χ0) is 14.5. The van der Waals surface area contributed by atoms with Crippen molar-refractivity contribution in [2.75, 3.05) is 19.0 Å². The van der Waals surface area contributed by atoms with Crippen LogP contribution >= 0.6 is 11.6 Å². The number of nitrogens with one attached hydrogen (secondary N) is 1. The number of halogens is 1. The maximum absolute atomic E-state index is 6.32. The lowest BCUT2D eigenvalue weighted by Crippen LogP contribution is -2.18.